The van der Waals surface area contributed by atoms with Gasteiger partial charge in [0.2, 0.25) is 0 Å². The van der Waals surface area contributed by atoms with Crippen molar-refractivity contribution < 1.29 is 4.42 Å². The number of anilines is 1. The van der Waals surface area contributed by atoms with Crippen molar-refractivity contribution in [2.24, 2.45) is 0 Å². The molecule has 5 heteroatoms. The van der Waals surface area contributed by atoms with Crippen LogP contribution in [0.4, 0.5) is 5.82 Å². The summed E-state index contributed by atoms with van der Waals surface area (Å²) in [5.74, 6) is 1.06. The highest BCUT2D eigenvalue weighted by Gasteiger charge is 2.04. The van der Waals surface area contributed by atoms with Gasteiger partial charge in [-0.25, -0.2) is 0 Å². The highest BCUT2D eigenvalue weighted by atomic mass is 35.5. The third-order valence-corrected chi connectivity index (χ3v) is 2.06. The zero-order chi connectivity index (χ0) is 9.97. The molecule has 4 nitrogen and oxygen atoms in total. The van der Waals surface area contributed by atoms with Gasteiger partial charge in [0, 0.05) is 0 Å². The first kappa shape index (κ1) is 9.02. The van der Waals surface area contributed by atoms with Gasteiger partial charge in [-0.15, -0.1) is 5.10 Å². The topological polar surface area (TPSA) is 64.9 Å². The van der Waals surface area contributed by atoms with Gasteiger partial charge in [0.25, 0.3) is 0 Å². The summed E-state index contributed by atoms with van der Waals surface area (Å²) >= 11 is 5.80. The number of nitrogens with zero attached hydrogens (tertiary/aromatic N) is 2. The molecule has 2 aromatic heterocycles. The van der Waals surface area contributed by atoms with E-state index in [1.165, 1.54) is 0 Å². The number of nitrogens with two attached hydrogens (primary N) is 1. The Morgan fingerprint density at radius 3 is 2.93 bits per heavy atom. The maximum Gasteiger partial charge on any atom is 0.164 e. The minimum atomic E-state index is 0.245. The van der Waals surface area contributed by atoms with Gasteiger partial charge in [-0.3, -0.25) is 0 Å². The fourth-order valence-corrected chi connectivity index (χ4v) is 1.26. The second-order valence-electron chi connectivity index (χ2n) is 2.82. The van der Waals surface area contributed by atoms with Gasteiger partial charge in [-0.2, -0.15) is 5.10 Å². The van der Waals surface area contributed by atoms with Crippen molar-refractivity contribution in [1.29, 1.82) is 0 Å². The lowest BCUT2D eigenvalue weighted by Crippen LogP contribution is -1.98. The predicted molar refractivity (Wildman–Crippen MR) is 53.0 cm³/mol. The smallest absolute Gasteiger partial charge is 0.164 e. The van der Waals surface area contributed by atoms with Crippen molar-refractivity contribution in [3.8, 4) is 0 Å². The van der Waals surface area contributed by atoms with Crippen LogP contribution in [-0.4, -0.2) is 10.2 Å². The minimum Gasteiger partial charge on any atom is -0.469 e. The molecule has 0 aliphatic carbocycles. The Hall–Kier alpha value is -1.55. The van der Waals surface area contributed by atoms with Gasteiger partial charge >= 0.3 is 0 Å². The monoisotopic (exact) mass is 209 g/mol. The molecule has 0 spiro atoms. The van der Waals surface area contributed by atoms with E-state index >= 15 is 0 Å². The molecule has 0 aliphatic heterocycles. The summed E-state index contributed by atoms with van der Waals surface area (Å²) in [4.78, 5) is 0. The minimum absolute atomic E-state index is 0.245. The zero-order valence-electron chi connectivity index (χ0n) is 7.27. The molecule has 2 heterocycles. The van der Waals surface area contributed by atoms with Gasteiger partial charge in [-0.1, -0.05) is 11.6 Å². The molecule has 2 aromatic rings. The molecule has 0 atom stereocenters. The lowest BCUT2D eigenvalue weighted by Gasteiger charge is -1.99. The Labute approximate surface area is 85.7 Å². The van der Waals surface area contributed by atoms with E-state index < -0.39 is 0 Å². The van der Waals surface area contributed by atoms with Crippen LogP contribution in [0, 0.1) is 0 Å². The number of halogens is 1. The number of hydrogen-bond acceptors (Lipinski definition) is 4. The van der Waals surface area contributed by atoms with E-state index in [1.54, 1.807) is 12.3 Å². The molecule has 0 aromatic carbocycles. The second kappa shape index (κ2) is 3.67. The standard InChI is InChI=1S/C9H8ClN3O/c10-8-5-6(12-13-9(8)11)4-7-2-1-3-14-7/h1-3,5H,4H2,(H2,11,13). The summed E-state index contributed by atoms with van der Waals surface area (Å²) in [5, 5.41) is 8.03. The third kappa shape index (κ3) is 1.85. The molecule has 0 radical (unpaired) electrons. The van der Waals surface area contributed by atoms with Crippen LogP contribution in [0.5, 0.6) is 0 Å². The summed E-state index contributed by atoms with van der Waals surface area (Å²) in [5.41, 5.74) is 6.17. The van der Waals surface area contributed by atoms with Crippen LogP contribution in [0.1, 0.15) is 11.5 Å². The molecular weight excluding hydrogens is 202 g/mol. The van der Waals surface area contributed by atoms with Crippen LogP contribution >= 0.6 is 11.6 Å². The maximum absolute atomic E-state index is 5.80. The lowest BCUT2D eigenvalue weighted by molar-refractivity contribution is 0.518. The SMILES string of the molecule is Nc1nnc(Cc2ccco2)cc1Cl. The summed E-state index contributed by atoms with van der Waals surface area (Å²) in [6.07, 6.45) is 2.18. The van der Waals surface area contributed by atoms with Crippen molar-refractivity contribution in [2.45, 2.75) is 6.42 Å². The van der Waals surface area contributed by atoms with Crippen LogP contribution in [0.2, 0.25) is 5.02 Å². The third-order valence-electron chi connectivity index (χ3n) is 1.76. The number of nitrogen functional groups attached to an aromatic ring is 1. The van der Waals surface area contributed by atoms with Crippen molar-refractivity contribution >= 4 is 17.4 Å². The predicted octanol–water partition coefficient (Wildman–Crippen LogP) is 1.90. The molecule has 14 heavy (non-hydrogen) atoms. The van der Waals surface area contributed by atoms with Gasteiger partial charge in [-0.05, 0) is 18.2 Å². The van der Waals surface area contributed by atoms with Crippen LogP contribution in [0.15, 0.2) is 28.9 Å². The molecule has 0 saturated heterocycles. The molecule has 2 N–H and O–H groups in total. The number of hydrogen-bond donors (Lipinski definition) is 1. The van der Waals surface area contributed by atoms with Crippen molar-refractivity contribution in [2.75, 3.05) is 5.73 Å². The number of aromatic nitrogens is 2. The quantitative estimate of drug-likeness (QED) is 0.821. The Morgan fingerprint density at radius 2 is 2.29 bits per heavy atom. The summed E-state index contributed by atoms with van der Waals surface area (Å²) in [7, 11) is 0. The van der Waals surface area contributed by atoms with Crippen LogP contribution < -0.4 is 5.73 Å². The molecule has 0 aliphatic rings. The molecule has 72 valence electrons. The van der Waals surface area contributed by atoms with E-state index in [9.17, 15) is 0 Å². The fraction of sp³-hybridized carbons (Fsp3) is 0.111. The molecular formula is C9H8ClN3O. The summed E-state index contributed by atoms with van der Waals surface area (Å²) in [6.45, 7) is 0. The van der Waals surface area contributed by atoms with Gasteiger partial charge < -0.3 is 10.2 Å². The Morgan fingerprint density at radius 1 is 1.43 bits per heavy atom. The molecule has 0 bridgehead atoms. The van der Waals surface area contributed by atoms with E-state index in [4.69, 9.17) is 21.8 Å². The average Bonchev–Trinajstić information content (AvgIpc) is 2.64. The largest absolute Gasteiger partial charge is 0.469 e. The van der Waals surface area contributed by atoms with Crippen LogP contribution in [0.3, 0.4) is 0 Å². The van der Waals surface area contributed by atoms with Crippen LogP contribution in [-0.2, 0) is 6.42 Å². The van der Waals surface area contributed by atoms with E-state index in [1.807, 2.05) is 12.1 Å². The van der Waals surface area contributed by atoms with E-state index in [-0.39, 0.29) is 5.82 Å². The second-order valence-corrected chi connectivity index (χ2v) is 3.23. The van der Waals surface area contributed by atoms with E-state index in [0.717, 1.165) is 11.5 Å². The molecule has 2 rings (SSSR count). The first-order valence-corrected chi connectivity index (χ1v) is 4.43. The molecule has 0 fully saturated rings. The number of rotatable bonds is 2. The van der Waals surface area contributed by atoms with Crippen molar-refractivity contribution in [1.82, 2.24) is 10.2 Å². The van der Waals surface area contributed by atoms with E-state index in [0.29, 0.717) is 11.4 Å². The summed E-state index contributed by atoms with van der Waals surface area (Å²) in [6, 6.07) is 5.38. The van der Waals surface area contributed by atoms with Gasteiger partial charge in [0.05, 0.1) is 23.4 Å². The fourth-order valence-electron chi connectivity index (χ4n) is 1.09. The highest BCUT2D eigenvalue weighted by molar-refractivity contribution is 6.32. The highest BCUT2D eigenvalue weighted by Crippen LogP contribution is 2.16. The van der Waals surface area contributed by atoms with E-state index in [2.05, 4.69) is 10.2 Å². The molecule has 0 amide bonds. The molecule has 0 saturated carbocycles. The first-order chi connectivity index (χ1) is 6.75. The normalized spacial score (nSPS) is 10.4. The lowest BCUT2D eigenvalue weighted by atomic mass is 10.2. The first-order valence-electron chi connectivity index (χ1n) is 4.05. The Kier molecular flexibility index (Phi) is 2.37. The summed E-state index contributed by atoms with van der Waals surface area (Å²) < 4.78 is 5.17. The number of furan rings is 1. The maximum atomic E-state index is 5.80. The van der Waals surface area contributed by atoms with Crippen LogP contribution in [0.25, 0.3) is 0 Å². The zero-order valence-corrected chi connectivity index (χ0v) is 8.03. The van der Waals surface area contributed by atoms with Gasteiger partial charge in [0.1, 0.15) is 5.76 Å². The average molecular weight is 210 g/mol. The molecule has 0 unspecified atom stereocenters. The van der Waals surface area contributed by atoms with Crippen molar-refractivity contribution in [3.05, 3.63) is 40.9 Å². The van der Waals surface area contributed by atoms with Crippen molar-refractivity contribution in [3.63, 3.8) is 0 Å². The van der Waals surface area contributed by atoms with Gasteiger partial charge in [0.15, 0.2) is 5.82 Å². The Balaban J connectivity index is 2.22. The Bertz CT molecular complexity index is 428.